The molecule has 0 bridgehead atoms. The molecule has 0 aromatic heterocycles. The summed E-state index contributed by atoms with van der Waals surface area (Å²) >= 11 is 0. The second kappa shape index (κ2) is 5.88. The van der Waals surface area contributed by atoms with Crippen LogP contribution in [0.3, 0.4) is 0 Å². The highest BCUT2D eigenvalue weighted by atomic mass is 32.2. The van der Waals surface area contributed by atoms with E-state index in [1.807, 2.05) is 6.92 Å². The number of nitrogens with two attached hydrogens (primary N) is 1. The molecule has 17 heavy (non-hydrogen) atoms. The number of sulfone groups is 1. The predicted molar refractivity (Wildman–Crippen MR) is 66.0 cm³/mol. The first-order chi connectivity index (χ1) is 7.95. The van der Waals surface area contributed by atoms with E-state index in [1.165, 1.54) is 12.1 Å². The molecule has 0 heterocycles. The quantitative estimate of drug-likeness (QED) is 0.611. The number of benzene rings is 1. The molecule has 0 fully saturated rings. The van der Waals surface area contributed by atoms with Crippen LogP contribution in [0.4, 0.5) is 5.69 Å². The van der Waals surface area contributed by atoms with E-state index in [1.54, 1.807) is 6.07 Å². The predicted octanol–water partition coefficient (Wildman–Crippen LogP) is 1.09. The molecule has 0 aliphatic carbocycles. The number of hydrogen-bond acceptors (Lipinski definition) is 5. The van der Waals surface area contributed by atoms with Crippen molar-refractivity contribution >= 4 is 15.5 Å². The molecule has 96 valence electrons. The molecule has 5 nitrogen and oxygen atoms in total. The first-order valence-corrected chi connectivity index (χ1v) is 7.14. The van der Waals surface area contributed by atoms with Crippen LogP contribution >= 0.6 is 0 Å². The molecule has 0 amide bonds. The Kier molecular flexibility index (Phi) is 4.77. The zero-order valence-electron chi connectivity index (χ0n) is 9.97. The van der Waals surface area contributed by atoms with Gasteiger partial charge in [-0.15, -0.1) is 0 Å². The molecule has 0 atom stereocenters. The van der Waals surface area contributed by atoms with E-state index >= 15 is 0 Å². The van der Waals surface area contributed by atoms with Crippen LogP contribution in [0.1, 0.15) is 6.92 Å². The Balaban J connectivity index is 2.70. The lowest BCUT2D eigenvalue weighted by atomic mass is 10.3. The van der Waals surface area contributed by atoms with Gasteiger partial charge in [0.2, 0.25) is 0 Å². The second-order valence-corrected chi connectivity index (χ2v) is 5.53. The molecule has 1 aromatic carbocycles. The smallest absolute Gasteiger partial charge is 0.175 e. The van der Waals surface area contributed by atoms with Crippen molar-refractivity contribution < 1.29 is 17.9 Å². The SMILES string of the molecule is CCOCCOc1ccc(S(C)(=O)=O)cc1N. The summed E-state index contributed by atoms with van der Waals surface area (Å²) in [7, 11) is -3.23. The van der Waals surface area contributed by atoms with E-state index in [-0.39, 0.29) is 4.90 Å². The van der Waals surface area contributed by atoms with Crippen molar-refractivity contribution in [2.45, 2.75) is 11.8 Å². The fourth-order valence-electron chi connectivity index (χ4n) is 1.24. The fraction of sp³-hybridized carbons (Fsp3) is 0.455. The Morgan fingerprint density at radius 3 is 2.53 bits per heavy atom. The van der Waals surface area contributed by atoms with E-state index in [0.29, 0.717) is 31.3 Å². The minimum atomic E-state index is -3.23. The Labute approximate surface area is 101 Å². The lowest BCUT2D eigenvalue weighted by molar-refractivity contribution is 0.110. The lowest BCUT2D eigenvalue weighted by Crippen LogP contribution is -2.08. The summed E-state index contributed by atoms with van der Waals surface area (Å²) in [4.78, 5) is 0.187. The summed E-state index contributed by atoms with van der Waals surface area (Å²) in [6, 6.07) is 4.42. The average molecular weight is 259 g/mol. The normalized spacial score (nSPS) is 11.4. The van der Waals surface area contributed by atoms with Crippen molar-refractivity contribution in [2.24, 2.45) is 0 Å². The van der Waals surface area contributed by atoms with Gasteiger partial charge in [-0.3, -0.25) is 0 Å². The van der Waals surface area contributed by atoms with Crippen LogP contribution in [-0.2, 0) is 14.6 Å². The van der Waals surface area contributed by atoms with Crippen LogP contribution in [0.5, 0.6) is 5.75 Å². The van der Waals surface area contributed by atoms with Crippen molar-refractivity contribution in [1.82, 2.24) is 0 Å². The van der Waals surface area contributed by atoms with Crippen LogP contribution in [0, 0.1) is 0 Å². The standard InChI is InChI=1S/C11H17NO4S/c1-3-15-6-7-16-11-5-4-9(8-10(11)12)17(2,13)14/h4-5,8H,3,6-7,12H2,1-2H3. The summed E-state index contributed by atoms with van der Waals surface area (Å²) in [5.74, 6) is 0.470. The van der Waals surface area contributed by atoms with Gasteiger partial charge >= 0.3 is 0 Å². The van der Waals surface area contributed by atoms with Crippen molar-refractivity contribution in [3.8, 4) is 5.75 Å². The molecule has 0 radical (unpaired) electrons. The maximum atomic E-state index is 11.3. The van der Waals surface area contributed by atoms with Crippen molar-refractivity contribution in [2.75, 3.05) is 31.8 Å². The number of anilines is 1. The molecule has 0 aliphatic heterocycles. The summed E-state index contributed by atoms with van der Waals surface area (Å²) in [5, 5.41) is 0. The molecule has 0 spiro atoms. The molecule has 2 N–H and O–H groups in total. The average Bonchev–Trinajstić information content (AvgIpc) is 2.24. The summed E-state index contributed by atoms with van der Waals surface area (Å²) in [5.41, 5.74) is 6.01. The van der Waals surface area contributed by atoms with E-state index in [4.69, 9.17) is 15.2 Å². The zero-order valence-corrected chi connectivity index (χ0v) is 10.8. The van der Waals surface area contributed by atoms with Gasteiger partial charge in [0.25, 0.3) is 0 Å². The highest BCUT2D eigenvalue weighted by molar-refractivity contribution is 7.90. The van der Waals surface area contributed by atoms with Gasteiger partial charge in [0.1, 0.15) is 12.4 Å². The summed E-state index contributed by atoms with van der Waals surface area (Å²) < 4.78 is 33.0. The molecule has 1 rings (SSSR count). The molecular formula is C11H17NO4S. The molecule has 1 aromatic rings. The van der Waals surface area contributed by atoms with Gasteiger partial charge in [-0.25, -0.2) is 8.42 Å². The lowest BCUT2D eigenvalue weighted by Gasteiger charge is -2.09. The molecular weight excluding hydrogens is 242 g/mol. The van der Waals surface area contributed by atoms with Gasteiger partial charge in [-0.05, 0) is 25.1 Å². The maximum absolute atomic E-state index is 11.3. The van der Waals surface area contributed by atoms with E-state index in [9.17, 15) is 8.42 Å². The Hall–Kier alpha value is -1.27. The fourth-order valence-corrected chi connectivity index (χ4v) is 1.90. The van der Waals surface area contributed by atoms with E-state index in [2.05, 4.69) is 0 Å². The molecule has 0 aliphatic rings. The van der Waals surface area contributed by atoms with Crippen LogP contribution < -0.4 is 10.5 Å². The molecule has 0 saturated heterocycles. The van der Waals surface area contributed by atoms with E-state index < -0.39 is 9.84 Å². The second-order valence-electron chi connectivity index (χ2n) is 3.52. The minimum absolute atomic E-state index is 0.187. The van der Waals surface area contributed by atoms with Crippen LogP contribution in [-0.4, -0.2) is 34.5 Å². The van der Waals surface area contributed by atoms with Gasteiger partial charge in [0, 0.05) is 12.9 Å². The first kappa shape index (κ1) is 13.8. The number of ether oxygens (including phenoxy) is 2. The van der Waals surface area contributed by atoms with Crippen molar-refractivity contribution in [1.29, 1.82) is 0 Å². The maximum Gasteiger partial charge on any atom is 0.175 e. The number of nitrogen functional groups attached to an aromatic ring is 1. The highest BCUT2D eigenvalue weighted by Gasteiger charge is 2.09. The van der Waals surface area contributed by atoms with Crippen LogP contribution in [0.15, 0.2) is 23.1 Å². The summed E-state index contributed by atoms with van der Waals surface area (Å²) in [6.07, 6.45) is 1.14. The van der Waals surface area contributed by atoms with Crippen LogP contribution in [0.2, 0.25) is 0 Å². The first-order valence-electron chi connectivity index (χ1n) is 5.25. The van der Waals surface area contributed by atoms with Gasteiger partial charge in [0.05, 0.1) is 17.2 Å². The minimum Gasteiger partial charge on any atom is -0.489 e. The Bertz CT molecular complexity index is 470. The van der Waals surface area contributed by atoms with Gasteiger partial charge < -0.3 is 15.2 Å². The Morgan fingerprint density at radius 2 is 2.00 bits per heavy atom. The molecule has 0 unspecified atom stereocenters. The summed E-state index contributed by atoms with van der Waals surface area (Å²) in [6.45, 7) is 3.39. The zero-order chi connectivity index (χ0) is 12.9. The van der Waals surface area contributed by atoms with Gasteiger partial charge in [-0.2, -0.15) is 0 Å². The Morgan fingerprint density at radius 1 is 1.29 bits per heavy atom. The highest BCUT2D eigenvalue weighted by Crippen LogP contribution is 2.24. The van der Waals surface area contributed by atoms with Crippen LogP contribution in [0.25, 0.3) is 0 Å². The van der Waals surface area contributed by atoms with Gasteiger partial charge in [-0.1, -0.05) is 0 Å². The topological polar surface area (TPSA) is 78.6 Å². The third-order valence-corrected chi connectivity index (χ3v) is 3.21. The van der Waals surface area contributed by atoms with E-state index in [0.717, 1.165) is 6.26 Å². The molecule has 0 saturated carbocycles. The number of rotatable bonds is 6. The van der Waals surface area contributed by atoms with Crippen molar-refractivity contribution in [3.05, 3.63) is 18.2 Å². The monoisotopic (exact) mass is 259 g/mol. The largest absolute Gasteiger partial charge is 0.489 e. The third-order valence-electron chi connectivity index (χ3n) is 2.10. The van der Waals surface area contributed by atoms with Gasteiger partial charge in [0.15, 0.2) is 9.84 Å². The molecule has 6 heteroatoms. The number of hydrogen-bond donors (Lipinski definition) is 1. The third kappa shape index (κ3) is 4.24. The van der Waals surface area contributed by atoms with Crippen molar-refractivity contribution in [3.63, 3.8) is 0 Å².